The van der Waals surface area contributed by atoms with Crippen LogP contribution in [-0.4, -0.2) is 11.3 Å². The molecule has 0 aromatic carbocycles. The number of hydrogen-bond acceptors (Lipinski definition) is 2. The monoisotopic (exact) mass is 337 g/mol. The number of halogens is 5. The summed E-state index contributed by atoms with van der Waals surface area (Å²) in [6.45, 7) is 0. The Morgan fingerprint density at radius 1 is 1.43 bits per heavy atom. The van der Waals surface area contributed by atoms with Gasteiger partial charge in [-0.2, -0.15) is 0 Å². The molecule has 1 rings (SSSR count). The van der Waals surface area contributed by atoms with Crippen molar-refractivity contribution in [1.82, 2.24) is 4.98 Å². The van der Waals surface area contributed by atoms with Crippen LogP contribution in [0.1, 0.15) is 5.56 Å². The van der Waals surface area contributed by atoms with Crippen molar-refractivity contribution in [2.24, 2.45) is 0 Å². The predicted molar refractivity (Wildman–Crippen MR) is 53.2 cm³/mol. The number of alkyl halides is 4. The molecule has 0 aliphatic carbocycles. The second-order valence-corrected chi connectivity index (χ2v) is 3.69. The van der Waals surface area contributed by atoms with Gasteiger partial charge < -0.3 is 4.74 Å². The van der Waals surface area contributed by atoms with Gasteiger partial charge in [0.1, 0.15) is 3.70 Å². The third-order valence-electron chi connectivity index (χ3n) is 1.20. The lowest BCUT2D eigenvalue weighted by Gasteiger charge is -2.08. The largest absolute Gasteiger partial charge is 0.574 e. The van der Waals surface area contributed by atoms with E-state index in [1.165, 1.54) is 0 Å². The summed E-state index contributed by atoms with van der Waals surface area (Å²) < 4.78 is 39.5. The molecule has 1 aromatic heterocycles. The summed E-state index contributed by atoms with van der Waals surface area (Å²) in [5, 5.41) is 0. The lowest BCUT2D eigenvalue weighted by molar-refractivity contribution is -0.276. The molecule has 0 atom stereocenters. The predicted octanol–water partition coefficient (Wildman–Crippen LogP) is 3.32. The molecule has 0 bridgehead atoms. The smallest absolute Gasteiger partial charge is 0.388 e. The maximum absolute atomic E-state index is 11.8. The van der Waals surface area contributed by atoms with Gasteiger partial charge in [-0.1, -0.05) is 0 Å². The number of ether oxygens (including phenoxy) is 1. The van der Waals surface area contributed by atoms with Gasteiger partial charge in [0.25, 0.3) is 0 Å². The van der Waals surface area contributed by atoms with E-state index in [0.29, 0.717) is 9.26 Å². The first-order valence-corrected chi connectivity index (χ1v) is 5.00. The van der Waals surface area contributed by atoms with Crippen molar-refractivity contribution in [2.75, 3.05) is 0 Å². The molecule has 0 amide bonds. The van der Waals surface area contributed by atoms with Crippen LogP contribution < -0.4 is 4.74 Å². The summed E-state index contributed by atoms with van der Waals surface area (Å²) >= 11 is 7.26. The molecule has 0 unspecified atom stereocenters. The molecule has 0 fully saturated rings. The Hall–Kier alpha value is -0.240. The number of nitrogens with zero attached hydrogens (tertiary/aromatic N) is 1. The topological polar surface area (TPSA) is 22.1 Å². The van der Waals surface area contributed by atoms with E-state index in [1.807, 2.05) is 0 Å². The molecule has 78 valence electrons. The SMILES string of the molecule is FC(F)(F)Oc1cc(CCl)cc(I)n1. The summed E-state index contributed by atoms with van der Waals surface area (Å²) in [5.74, 6) is -0.368. The van der Waals surface area contributed by atoms with Gasteiger partial charge in [0, 0.05) is 11.9 Å². The van der Waals surface area contributed by atoms with Gasteiger partial charge >= 0.3 is 6.36 Å². The van der Waals surface area contributed by atoms with Gasteiger partial charge in [0.05, 0.1) is 0 Å². The highest BCUT2D eigenvalue weighted by molar-refractivity contribution is 14.1. The first-order valence-electron chi connectivity index (χ1n) is 3.39. The van der Waals surface area contributed by atoms with E-state index >= 15 is 0 Å². The third kappa shape index (κ3) is 3.87. The first kappa shape index (κ1) is 11.8. The maximum atomic E-state index is 11.8. The lowest BCUT2D eigenvalue weighted by Crippen LogP contribution is -2.18. The summed E-state index contributed by atoms with van der Waals surface area (Å²) in [4.78, 5) is 3.55. The fourth-order valence-corrected chi connectivity index (χ4v) is 1.56. The number of pyridine rings is 1. The van der Waals surface area contributed by atoms with Gasteiger partial charge in [-0.25, -0.2) is 4.98 Å². The van der Waals surface area contributed by atoms with Crippen molar-refractivity contribution in [3.8, 4) is 5.88 Å². The van der Waals surface area contributed by atoms with Gasteiger partial charge in [0.2, 0.25) is 5.88 Å². The number of rotatable bonds is 2. The molecule has 0 N–H and O–H groups in total. The summed E-state index contributed by atoms with van der Waals surface area (Å²) in [7, 11) is 0. The molecule has 0 saturated carbocycles. The maximum Gasteiger partial charge on any atom is 0.574 e. The highest BCUT2D eigenvalue weighted by atomic mass is 127. The Morgan fingerprint density at radius 3 is 2.57 bits per heavy atom. The van der Waals surface area contributed by atoms with Gasteiger partial charge in [-0.3, -0.25) is 0 Å². The van der Waals surface area contributed by atoms with Crippen molar-refractivity contribution in [3.63, 3.8) is 0 Å². The van der Waals surface area contributed by atoms with E-state index < -0.39 is 12.2 Å². The average molecular weight is 337 g/mol. The van der Waals surface area contributed by atoms with E-state index in [4.69, 9.17) is 11.6 Å². The highest BCUT2D eigenvalue weighted by Gasteiger charge is 2.31. The molecule has 0 spiro atoms. The van der Waals surface area contributed by atoms with Crippen molar-refractivity contribution < 1.29 is 17.9 Å². The molecule has 14 heavy (non-hydrogen) atoms. The Kier molecular flexibility index (Phi) is 3.82. The standard InChI is InChI=1S/C7H4ClF3INO/c8-3-4-1-5(12)13-6(2-4)14-7(9,10)11/h1-2H,3H2. The highest BCUT2D eigenvalue weighted by Crippen LogP contribution is 2.23. The molecular formula is C7H4ClF3INO. The molecule has 0 aliphatic rings. The Labute approximate surface area is 96.6 Å². The van der Waals surface area contributed by atoms with E-state index in [1.54, 1.807) is 28.7 Å². The third-order valence-corrected chi connectivity index (χ3v) is 2.07. The molecule has 0 radical (unpaired) electrons. The van der Waals surface area contributed by atoms with Crippen molar-refractivity contribution in [1.29, 1.82) is 0 Å². The minimum absolute atomic E-state index is 0.118. The second kappa shape index (κ2) is 4.52. The van der Waals surface area contributed by atoms with Crippen molar-refractivity contribution >= 4 is 34.2 Å². The van der Waals surface area contributed by atoms with Crippen LogP contribution in [0.4, 0.5) is 13.2 Å². The first-order chi connectivity index (χ1) is 6.40. The Morgan fingerprint density at radius 2 is 2.07 bits per heavy atom. The minimum atomic E-state index is -4.72. The van der Waals surface area contributed by atoms with Crippen LogP contribution >= 0.6 is 34.2 Å². The average Bonchev–Trinajstić information content (AvgIpc) is 1.99. The molecule has 1 heterocycles. The molecule has 0 saturated heterocycles. The lowest BCUT2D eigenvalue weighted by atomic mass is 10.3. The van der Waals surface area contributed by atoms with Crippen molar-refractivity contribution in [3.05, 3.63) is 21.4 Å². The summed E-state index contributed by atoms with van der Waals surface area (Å²) in [6, 6.07) is 2.74. The minimum Gasteiger partial charge on any atom is -0.388 e. The molecule has 2 nitrogen and oxygen atoms in total. The van der Waals surface area contributed by atoms with E-state index in [2.05, 4.69) is 9.72 Å². The quantitative estimate of drug-likeness (QED) is 0.469. The molecular weight excluding hydrogens is 333 g/mol. The molecule has 7 heteroatoms. The zero-order valence-electron chi connectivity index (χ0n) is 6.61. The van der Waals surface area contributed by atoms with E-state index in [-0.39, 0.29) is 5.88 Å². The van der Waals surface area contributed by atoms with Gasteiger partial charge in [-0.05, 0) is 34.2 Å². The van der Waals surface area contributed by atoms with Crippen LogP contribution in [0.25, 0.3) is 0 Å². The van der Waals surface area contributed by atoms with Gasteiger partial charge in [-0.15, -0.1) is 24.8 Å². The van der Waals surface area contributed by atoms with E-state index in [9.17, 15) is 13.2 Å². The summed E-state index contributed by atoms with van der Waals surface area (Å²) in [5.41, 5.74) is 0.533. The van der Waals surface area contributed by atoms with Crippen molar-refractivity contribution in [2.45, 2.75) is 12.2 Å². The van der Waals surface area contributed by atoms with Crippen LogP contribution in [0.5, 0.6) is 5.88 Å². The second-order valence-electron chi connectivity index (χ2n) is 2.32. The fraction of sp³-hybridized carbons (Fsp3) is 0.286. The Bertz CT molecular complexity index is 331. The fourth-order valence-electron chi connectivity index (χ4n) is 0.771. The van der Waals surface area contributed by atoms with E-state index in [0.717, 1.165) is 6.07 Å². The number of hydrogen-bond donors (Lipinski definition) is 0. The molecule has 0 aliphatic heterocycles. The zero-order valence-corrected chi connectivity index (χ0v) is 9.52. The number of aromatic nitrogens is 1. The Balaban J connectivity index is 2.92. The normalized spacial score (nSPS) is 11.5. The van der Waals surface area contributed by atoms with Gasteiger partial charge in [0.15, 0.2) is 0 Å². The van der Waals surface area contributed by atoms with Crippen LogP contribution in [0, 0.1) is 3.70 Å². The summed E-state index contributed by atoms with van der Waals surface area (Å²) in [6.07, 6.45) is -4.72. The zero-order chi connectivity index (χ0) is 10.8. The van der Waals surface area contributed by atoms with Crippen LogP contribution in [-0.2, 0) is 5.88 Å². The molecule has 1 aromatic rings. The van der Waals surface area contributed by atoms with Crippen LogP contribution in [0.3, 0.4) is 0 Å². The van der Waals surface area contributed by atoms with Crippen LogP contribution in [0.2, 0.25) is 0 Å². The van der Waals surface area contributed by atoms with Crippen LogP contribution in [0.15, 0.2) is 12.1 Å².